The number of benzene rings is 1. The Bertz CT molecular complexity index is 457. The van der Waals surface area contributed by atoms with E-state index in [2.05, 4.69) is 25.8 Å². The van der Waals surface area contributed by atoms with Crippen LogP contribution in [0.2, 0.25) is 0 Å². The van der Waals surface area contributed by atoms with Crippen molar-refractivity contribution >= 4 is 11.6 Å². The van der Waals surface area contributed by atoms with Crippen LogP contribution in [0.1, 0.15) is 24.2 Å². The molecule has 110 valence electrons. The summed E-state index contributed by atoms with van der Waals surface area (Å²) >= 11 is 0. The summed E-state index contributed by atoms with van der Waals surface area (Å²) in [5.74, 6) is 0.141. The van der Waals surface area contributed by atoms with Crippen LogP contribution in [0.25, 0.3) is 0 Å². The average molecular weight is 275 g/mol. The van der Waals surface area contributed by atoms with Crippen molar-refractivity contribution in [1.82, 2.24) is 9.80 Å². The lowest BCUT2D eigenvalue weighted by atomic mass is 10.1. The van der Waals surface area contributed by atoms with Gasteiger partial charge in [0.2, 0.25) is 0 Å². The maximum absolute atomic E-state index is 12.6. The molecule has 2 rings (SSSR count). The third kappa shape index (κ3) is 2.96. The van der Waals surface area contributed by atoms with Crippen LogP contribution in [0.3, 0.4) is 0 Å². The van der Waals surface area contributed by atoms with Gasteiger partial charge in [-0.1, -0.05) is 0 Å². The molecular weight excluding hydrogens is 250 g/mol. The number of rotatable bonds is 2. The minimum atomic E-state index is 0.141. The third-order valence-electron chi connectivity index (χ3n) is 4.28. The van der Waals surface area contributed by atoms with Gasteiger partial charge in [-0.05, 0) is 45.2 Å². The summed E-state index contributed by atoms with van der Waals surface area (Å²) in [7, 11) is 6.13. The van der Waals surface area contributed by atoms with Gasteiger partial charge in [-0.2, -0.15) is 0 Å². The first-order valence-corrected chi connectivity index (χ1v) is 7.18. The van der Waals surface area contributed by atoms with Crippen LogP contribution < -0.4 is 4.90 Å². The largest absolute Gasteiger partial charge is 0.378 e. The van der Waals surface area contributed by atoms with E-state index < -0.39 is 0 Å². The summed E-state index contributed by atoms with van der Waals surface area (Å²) in [5, 5.41) is 0. The predicted molar refractivity (Wildman–Crippen MR) is 83.4 cm³/mol. The van der Waals surface area contributed by atoms with Gasteiger partial charge in [0.25, 0.3) is 5.91 Å². The molecule has 2 atom stereocenters. The number of anilines is 1. The van der Waals surface area contributed by atoms with Crippen LogP contribution >= 0.6 is 0 Å². The van der Waals surface area contributed by atoms with E-state index in [0.717, 1.165) is 24.3 Å². The standard InChI is InChI=1S/C16H25N3O/c1-12-10-19(11-13(2)18(12)5)16(20)14-6-8-15(9-7-14)17(3)4/h6-9,12-13H,10-11H2,1-5H3. The molecule has 2 unspecified atom stereocenters. The summed E-state index contributed by atoms with van der Waals surface area (Å²) in [6, 6.07) is 8.65. The summed E-state index contributed by atoms with van der Waals surface area (Å²) in [4.78, 5) is 18.9. The van der Waals surface area contributed by atoms with E-state index in [-0.39, 0.29) is 5.91 Å². The van der Waals surface area contributed by atoms with E-state index in [4.69, 9.17) is 0 Å². The monoisotopic (exact) mass is 275 g/mol. The Morgan fingerprint density at radius 1 is 1.10 bits per heavy atom. The second-order valence-electron chi connectivity index (χ2n) is 6.01. The van der Waals surface area contributed by atoms with Gasteiger partial charge in [0.05, 0.1) is 0 Å². The van der Waals surface area contributed by atoms with Crippen molar-refractivity contribution in [3.8, 4) is 0 Å². The van der Waals surface area contributed by atoms with Gasteiger partial charge >= 0.3 is 0 Å². The molecule has 0 radical (unpaired) electrons. The maximum atomic E-state index is 12.6. The van der Waals surface area contributed by atoms with Gasteiger partial charge in [0, 0.05) is 50.5 Å². The van der Waals surface area contributed by atoms with Gasteiger partial charge < -0.3 is 9.80 Å². The number of nitrogens with zero attached hydrogens (tertiary/aromatic N) is 3. The van der Waals surface area contributed by atoms with Crippen LogP contribution in [0.4, 0.5) is 5.69 Å². The Kier molecular flexibility index (Phi) is 4.33. The lowest BCUT2D eigenvalue weighted by Crippen LogP contribution is -2.56. The molecule has 1 aliphatic heterocycles. The van der Waals surface area contributed by atoms with Gasteiger partial charge in [0.1, 0.15) is 0 Å². The Balaban J connectivity index is 2.11. The number of hydrogen-bond acceptors (Lipinski definition) is 3. The molecule has 0 saturated carbocycles. The van der Waals surface area contributed by atoms with Crippen LogP contribution in [-0.2, 0) is 0 Å². The molecule has 1 amide bonds. The quantitative estimate of drug-likeness (QED) is 0.825. The van der Waals surface area contributed by atoms with Crippen molar-refractivity contribution in [3.63, 3.8) is 0 Å². The predicted octanol–water partition coefficient (Wildman–Crippen LogP) is 1.92. The molecule has 0 N–H and O–H groups in total. The summed E-state index contributed by atoms with van der Waals surface area (Å²) < 4.78 is 0. The van der Waals surface area contributed by atoms with Crippen molar-refractivity contribution in [2.75, 3.05) is 39.1 Å². The molecule has 0 bridgehead atoms. The molecule has 0 aromatic heterocycles. The Morgan fingerprint density at radius 2 is 1.60 bits per heavy atom. The van der Waals surface area contributed by atoms with E-state index >= 15 is 0 Å². The molecule has 1 fully saturated rings. The molecule has 0 aliphatic carbocycles. The van der Waals surface area contributed by atoms with Gasteiger partial charge in [-0.15, -0.1) is 0 Å². The van der Waals surface area contributed by atoms with Crippen LogP contribution in [0.15, 0.2) is 24.3 Å². The van der Waals surface area contributed by atoms with Crippen LogP contribution in [0.5, 0.6) is 0 Å². The molecular formula is C16H25N3O. The number of hydrogen-bond donors (Lipinski definition) is 0. The fourth-order valence-corrected chi connectivity index (χ4v) is 2.65. The highest BCUT2D eigenvalue weighted by Crippen LogP contribution is 2.18. The van der Waals surface area contributed by atoms with Gasteiger partial charge in [0.15, 0.2) is 0 Å². The molecule has 1 aliphatic rings. The normalized spacial score (nSPS) is 23.8. The molecule has 1 heterocycles. The Morgan fingerprint density at radius 3 is 2.05 bits per heavy atom. The number of amides is 1. The first-order chi connectivity index (χ1) is 9.40. The van der Waals surface area contributed by atoms with Crippen molar-refractivity contribution in [2.24, 2.45) is 0 Å². The van der Waals surface area contributed by atoms with Crippen LogP contribution in [0, 0.1) is 0 Å². The fraction of sp³-hybridized carbons (Fsp3) is 0.562. The van der Waals surface area contributed by atoms with Crippen LogP contribution in [-0.4, -0.2) is 62.0 Å². The first-order valence-electron chi connectivity index (χ1n) is 7.18. The molecule has 0 spiro atoms. The summed E-state index contributed by atoms with van der Waals surface area (Å²) in [5.41, 5.74) is 1.89. The van der Waals surface area contributed by atoms with E-state index in [1.54, 1.807) is 0 Å². The second kappa shape index (κ2) is 5.83. The lowest BCUT2D eigenvalue weighted by Gasteiger charge is -2.42. The Labute approximate surface area is 122 Å². The van der Waals surface area contributed by atoms with E-state index in [1.807, 2.05) is 48.2 Å². The van der Waals surface area contributed by atoms with Crippen molar-refractivity contribution < 1.29 is 4.79 Å². The highest BCUT2D eigenvalue weighted by Gasteiger charge is 2.29. The highest BCUT2D eigenvalue weighted by atomic mass is 16.2. The lowest BCUT2D eigenvalue weighted by molar-refractivity contribution is 0.0414. The molecule has 1 saturated heterocycles. The second-order valence-corrected chi connectivity index (χ2v) is 6.01. The Hall–Kier alpha value is -1.55. The van der Waals surface area contributed by atoms with Crippen molar-refractivity contribution in [2.45, 2.75) is 25.9 Å². The molecule has 20 heavy (non-hydrogen) atoms. The third-order valence-corrected chi connectivity index (χ3v) is 4.28. The first kappa shape index (κ1) is 14.9. The maximum Gasteiger partial charge on any atom is 0.253 e. The minimum Gasteiger partial charge on any atom is -0.378 e. The molecule has 1 aromatic carbocycles. The number of carbonyl (C=O) groups is 1. The summed E-state index contributed by atoms with van der Waals surface area (Å²) in [6.07, 6.45) is 0. The zero-order valence-electron chi connectivity index (χ0n) is 13.1. The zero-order valence-corrected chi connectivity index (χ0v) is 13.1. The van der Waals surface area contributed by atoms with Crippen molar-refractivity contribution in [1.29, 1.82) is 0 Å². The van der Waals surface area contributed by atoms with E-state index in [0.29, 0.717) is 12.1 Å². The van der Waals surface area contributed by atoms with Gasteiger partial charge in [-0.25, -0.2) is 0 Å². The molecule has 1 aromatic rings. The van der Waals surface area contributed by atoms with E-state index in [1.165, 1.54) is 0 Å². The smallest absolute Gasteiger partial charge is 0.253 e. The SMILES string of the molecule is CC1CN(C(=O)c2ccc(N(C)C)cc2)CC(C)N1C. The van der Waals surface area contributed by atoms with Gasteiger partial charge in [-0.3, -0.25) is 9.69 Å². The number of carbonyl (C=O) groups excluding carboxylic acids is 1. The minimum absolute atomic E-state index is 0.141. The topological polar surface area (TPSA) is 26.8 Å². The van der Waals surface area contributed by atoms with Crippen molar-refractivity contribution in [3.05, 3.63) is 29.8 Å². The number of piperazine rings is 1. The fourth-order valence-electron chi connectivity index (χ4n) is 2.65. The highest BCUT2D eigenvalue weighted by molar-refractivity contribution is 5.94. The zero-order chi connectivity index (χ0) is 14.9. The van der Waals surface area contributed by atoms with E-state index in [9.17, 15) is 4.79 Å². The molecule has 4 nitrogen and oxygen atoms in total. The average Bonchev–Trinajstić information content (AvgIpc) is 2.43. The molecule has 4 heteroatoms. The summed E-state index contributed by atoms with van der Waals surface area (Å²) in [6.45, 7) is 5.94. The number of likely N-dealkylation sites (N-methyl/N-ethyl adjacent to an activating group) is 1.